The lowest BCUT2D eigenvalue weighted by molar-refractivity contribution is 0.0941. The third-order valence-corrected chi connectivity index (χ3v) is 5.01. The second-order valence-electron chi connectivity index (χ2n) is 6.73. The van der Waals surface area contributed by atoms with Crippen LogP contribution >= 0.6 is 0 Å². The molecular formula is C21H21N5O. The number of para-hydroxylation sites is 1. The zero-order valence-corrected chi connectivity index (χ0v) is 15.5. The molecule has 0 spiro atoms. The van der Waals surface area contributed by atoms with Gasteiger partial charge in [-0.05, 0) is 50.1 Å². The third-order valence-electron chi connectivity index (χ3n) is 5.01. The van der Waals surface area contributed by atoms with E-state index in [1.54, 1.807) is 11.0 Å². The monoisotopic (exact) mass is 359 g/mol. The summed E-state index contributed by atoms with van der Waals surface area (Å²) in [4.78, 5) is 20.2. The minimum Gasteiger partial charge on any atom is -0.358 e. The van der Waals surface area contributed by atoms with Crippen LogP contribution in [0.25, 0.3) is 16.6 Å². The van der Waals surface area contributed by atoms with E-state index in [-0.39, 0.29) is 11.9 Å². The smallest absolute Gasteiger partial charge is 0.253 e. The average molecular weight is 359 g/mol. The lowest BCUT2D eigenvalue weighted by Gasteiger charge is -2.15. The molecule has 2 N–H and O–H groups in total. The van der Waals surface area contributed by atoms with Gasteiger partial charge in [0.25, 0.3) is 5.91 Å². The van der Waals surface area contributed by atoms with Crippen LogP contribution in [0.5, 0.6) is 0 Å². The lowest BCUT2D eigenvalue weighted by Crippen LogP contribution is -2.26. The normalized spacial score (nSPS) is 12.3. The maximum Gasteiger partial charge on any atom is 0.253 e. The number of rotatable bonds is 4. The SMILES string of the molecule is Cc1[nH]c2c(C(=O)NC(C)c3ccc(-n4cncn4)cc3)cccc2c1C. The number of aromatic amines is 1. The molecule has 2 heterocycles. The molecule has 0 fully saturated rings. The number of benzene rings is 2. The van der Waals surface area contributed by atoms with Gasteiger partial charge >= 0.3 is 0 Å². The molecule has 0 saturated carbocycles. The number of fused-ring (bicyclic) bond motifs is 1. The fraction of sp³-hybridized carbons (Fsp3) is 0.190. The van der Waals surface area contributed by atoms with Crippen LogP contribution in [-0.2, 0) is 0 Å². The predicted octanol–water partition coefficient (Wildman–Crippen LogP) is 3.86. The first-order chi connectivity index (χ1) is 13.0. The standard InChI is InChI=1S/C21H21N5O/c1-13-14(2)24-20-18(13)5-4-6-19(20)21(27)25-15(3)16-7-9-17(10-8-16)26-12-22-11-23-26/h4-12,15,24H,1-3H3,(H,25,27). The van der Waals surface area contributed by atoms with Crippen LogP contribution in [0, 0.1) is 13.8 Å². The molecule has 1 amide bonds. The number of aryl methyl sites for hydroxylation is 2. The van der Waals surface area contributed by atoms with E-state index < -0.39 is 0 Å². The first kappa shape index (κ1) is 17.0. The second kappa shape index (κ2) is 6.72. The molecule has 6 nitrogen and oxygen atoms in total. The Morgan fingerprint density at radius 2 is 1.93 bits per heavy atom. The summed E-state index contributed by atoms with van der Waals surface area (Å²) in [6, 6.07) is 13.6. The van der Waals surface area contributed by atoms with Gasteiger partial charge in [0.15, 0.2) is 0 Å². The number of nitrogens with zero attached hydrogens (tertiary/aromatic N) is 3. The quantitative estimate of drug-likeness (QED) is 0.581. The average Bonchev–Trinajstić information content (AvgIpc) is 3.31. The number of carbonyl (C=O) groups is 1. The summed E-state index contributed by atoms with van der Waals surface area (Å²) in [5.74, 6) is -0.0882. The minimum absolute atomic E-state index is 0.0882. The van der Waals surface area contributed by atoms with Crippen molar-refractivity contribution in [3.8, 4) is 5.69 Å². The van der Waals surface area contributed by atoms with Crippen LogP contribution < -0.4 is 5.32 Å². The number of hydrogen-bond acceptors (Lipinski definition) is 3. The van der Waals surface area contributed by atoms with Crippen molar-refractivity contribution >= 4 is 16.8 Å². The molecule has 0 saturated heterocycles. The molecule has 27 heavy (non-hydrogen) atoms. The summed E-state index contributed by atoms with van der Waals surface area (Å²) < 4.78 is 1.70. The molecule has 6 heteroatoms. The number of aromatic nitrogens is 4. The Bertz CT molecular complexity index is 1090. The fourth-order valence-corrected chi connectivity index (χ4v) is 3.29. The van der Waals surface area contributed by atoms with Gasteiger partial charge in [-0.1, -0.05) is 24.3 Å². The van der Waals surface area contributed by atoms with Crippen LogP contribution in [0.4, 0.5) is 0 Å². The van der Waals surface area contributed by atoms with Crippen molar-refractivity contribution in [3.63, 3.8) is 0 Å². The van der Waals surface area contributed by atoms with Crippen LogP contribution in [0.2, 0.25) is 0 Å². The summed E-state index contributed by atoms with van der Waals surface area (Å²) >= 11 is 0. The summed E-state index contributed by atoms with van der Waals surface area (Å²) in [6.45, 7) is 6.07. The van der Waals surface area contributed by atoms with E-state index in [4.69, 9.17) is 0 Å². The number of amides is 1. The Balaban J connectivity index is 1.55. The number of hydrogen-bond donors (Lipinski definition) is 2. The van der Waals surface area contributed by atoms with Crippen LogP contribution in [0.1, 0.15) is 40.1 Å². The van der Waals surface area contributed by atoms with Gasteiger partial charge in [0.2, 0.25) is 0 Å². The Labute approximate surface area is 157 Å². The molecule has 4 aromatic rings. The van der Waals surface area contributed by atoms with Crippen molar-refractivity contribution in [2.45, 2.75) is 26.8 Å². The van der Waals surface area contributed by atoms with Gasteiger partial charge in [-0.15, -0.1) is 0 Å². The molecule has 4 rings (SSSR count). The van der Waals surface area contributed by atoms with E-state index >= 15 is 0 Å². The highest BCUT2D eigenvalue weighted by Gasteiger charge is 2.16. The van der Waals surface area contributed by atoms with E-state index in [1.807, 2.05) is 56.3 Å². The highest BCUT2D eigenvalue weighted by molar-refractivity contribution is 6.06. The largest absolute Gasteiger partial charge is 0.358 e. The second-order valence-corrected chi connectivity index (χ2v) is 6.73. The Kier molecular flexibility index (Phi) is 4.24. The van der Waals surface area contributed by atoms with Crippen molar-refractivity contribution in [1.82, 2.24) is 25.1 Å². The zero-order valence-electron chi connectivity index (χ0n) is 15.5. The van der Waals surface area contributed by atoms with Crippen LogP contribution in [0.3, 0.4) is 0 Å². The van der Waals surface area contributed by atoms with Gasteiger partial charge in [-0.2, -0.15) is 5.10 Å². The Morgan fingerprint density at radius 3 is 2.63 bits per heavy atom. The Hall–Kier alpha value is -3.41. The molecule has 0 aliphatic rings. The maximum absolute atomic E-state index is 12.9. The minimum atomic E-state index is -0.116. The van der Waals surface area contributed by atoms with Crippen molar-refractivity contribution in [2.75, 3.05) is 0 Å². The van der Waals surface area contributed by atoms with Crippen molar-refractivity contribution < 1.29 is 4.79 Å². The predicted molar refractivity (Wildman–Crippen MR) is 105 cm³/mol. The van der Waals surface area contributed by atoms with E-state index in [0.717, 1.165) is 27.8 Å². The maximum atomic E-state index is 12.9. The van der Waals surface area contributed by atoms with Gasteiger partial charge in [-0.3, -0.25) is 4.79 Å². The molecule has 1 unspecified atom stereocenters. The van der Waals surface area contributed by atoms with Crippen molar-refractivity contribution in [1.29, 1.82) is 0 Å². The first-order valence-corrected chi connectivity index (χ1v) is 8.88. The summed E-state index contributed by atoms with van der Waals surface area (Å²) in [5, 5.41) is 8.30. The fourth-order valence-electron chi connectivity index (χ4n) is 3.29. The van der Waals surface area contributed by atoms with Gasteiger partial charge in [0.1, 0.15) is 12.7 Å². The molecule has 0 aliphatic heterocycles. The van der Waals surface area contributed by atoms with Crippen LogP contribution in [0.15, 0.2) is 55.1 Å². The number of nitrogens with one attached hydrogen (secondary N) is 2. The summed E-state index contributed by atoms with van der Waals surface area (Å²) in [7, 11) is 0. The van der Waals surface area contributed by atoms with E-state index in [1.165, 1.54) is 11.9 Å². The van der Waals surface area contributed by atoms with E-state index in [9.17, 15) is 4.79 Å². The molecule has 2 aromatic heterocycles. The zero-order chi connectivity index (χ0) is 19.0. The Morgan fingerprint density at radius 1 is 1.15 bits per heavy atom. The third kappa shape index (κ3) is 3.10. The molecule has 2 aromatic carbocycles. The molecule has 0 bridgehead atoms. The first-order valence-electron chi connectivity index (χ1n) is 8.88. The van der Waals surface area contributed by atoms with Crippen LogP contribution in [-0.4, -0.2) is 25.7 Å². The molecule has 1 atom stereocenters. The topological polar surface area (TPSA) is 75.6 Å². The highest BCUT2D eigenvalue weighted by Crippen LogP contribution is 2.25. The molecular weight excluding hydrogens is 338 g/mol. The van der Waals surface area contributed by atoms with Crippen molar-refractivity contribution in [2.24, 2.45) is 0 Å². The number of carbonyl (C=O) groups excluding carboxylic acids is 1. The van der Waals surface area contributed by atoms with Gasteiger partial charge in [0, 0.05) is 11.1 Å². The van der Waals surface area contributed by atoms with Crippen molar-refractivity contribution in [3.05, 3.63) is 77.5 Å². The molecule has 0 radical (unpaired) electrons. The van der Waals surface area contributed by atoms with E-state index in [2.05, 4.69) is 27.3 Å². The lowest BCUT2D eigenvalue weighted by atomic mass is 10.1. The molecule has 136 valence electrons. The van der Waals surface area contributed by atoms with Gasteiger partial charge < -0.3 is 10.3 Å². The summed E-state index contributed by atoms with van der Waals surface area (Å²) in [6.07, 6.45) is 3.16. The summed E-state index contributed by atoms with van der Waals surface area (Å²) in [5.41, 5.74) is 5.77. The number of H-pyrrole nitrogens is 1. The van der Waals surface area contributed by atoms with E-state index in [0.29, 0.717) is 5.56 Å². The highest BCUT2D eigenvalue weighted by atomic mass is 16.1. The molecule has 0 aliphatic carbocycles. The van der Waals surface area contributed by atoms with Gasteiger partial charge in [-0.25, -0.2) is 9.67 Å². The van der Waals surface area contributed by atoms with Gasteiger partial charge in [0.05, 0.1) is 22.8 Å².